The smallest absolute Gasteiger partial charge is 0.306 e. The van der Waals surface area contributed by atoms with Crippen molar-refractivity contribution < 1.29 is 15.0 Å². The van der Waals surface area contributed by atoms with Gasteiger partial charge >= 0.3 is 5.97 Å². The molecule has 0 rings (SSSR count). The van der Waals surface area contributed by atoms with Gasteiger partial charge in [0.15, 0.2) is 0 Å². The molecule has 0 radical (unpaired) electrons. The molecule has 0 amide bonds. The van der Waals surface area contributed by atoms with Crippen LogP contribution < -0.4 is 0 Å². The number of aliphatic carboxylic acids is 1. The minimum absolute atomic E-state index is 0.171. The molecule has 270 valence electrons. The number of hydrogen-bond donors (Lipinski definition) is 2. The van der Waals surface area contributed by atoms with Gasteiger partial charge in [-0.15, -0.1) is 0 Å². The van der Waals surface area contributed by atoms with Gasteiger partial charge in [0.2, 0.25) is 0 Å². The predicted octanol–water partition coefficient (Wildman–Crippen LogP) is 12.5. The number of carboxylic acid groups (broad SMARTS) is 1. The van der Waals surface area contributed by atoms with Gasteiger partial charge in [-0.1, -0.05) is 147 Å². The van der Waals surface area contributed by atoms with Crippen molar-refractivity contribution >= 4 is 5.97 Å². The lowest BCUT2D eigenvalue weighted by Gasteiger charge is -2.25. The van der Waals surface area contributed by atoms with Gasteiger partial charge in [-0.3, -0.25) is 4.79 Å². The Morgan fingerprint density at radius 1 is 0.565 bits per heavy atom. The number of carboxylic acids is 1. The van der Waals surface area contributed by atoms with Gasteiger partial charge in [0.1, 0.15) is 0 Å². The van der Waals surface area contributed by atoms with Gasteiger partial charge in [-0.05, 0) is 104 Å². The van der Waals surface area contributed by atoms with Crippen LogP contribution in [-0.2, 0) is 4.79 Å². The van der Waals surface area contributed by atoms with Crippen molar-refractivity contribution in [3.63, 3.8) is 0 Å². The Morgan fingerprint density at radius 2 is 1.00 bits per heavy atom. The van der Waals surface area contributed by atoms with Crippen LogP contribution in [0, 0.1) is 11.8 Å². The summed E-state index contributed by atoms with van der Waals surface area (Å²) in [5.74, 6) is -0.489. The Bertz CT molecular complexity index is 728. The molecule has 0 aromatic carbocycles. The number of hydrogen-bond acceptors (Lipinski definition) is 3. The third-order valence-electron chi connectivity index (χ3n) is 9.46. The minimum Gasteiger partial charge on any atom is -0.481 e. The fourth-order valence-corrected chi connectivity index (χ4v) is 6.39. The highest BCUT2D eigenvalue weighted by molar-refractivity contribution is 5.70. The highest BCUT2D eigenvalue weighted by Gasteiger charge is 2.27. The second-order valence-corrected chi connectivity index (χ2v) is 14.2. The van der Waals surface area contributed by atoms with Gasteiger partial charge in [0, 0.05) is 0 Å². The second-order valence-electron chi connectivity index (χ2n) is 14.2. The van der Waals surface area contributed by atoms with Crippen LogP contribution in [0.25, 0.3) is 0 Å². The Balaban J connectivity index is 4.17. The molecule has 0 aromatic rings. The topological polar surface area (TPSA) is 60.8 Å². The maximum atomic E-state index is 12.3. The molecule has 0 aliphatic heterocycles. The minimum atomic E-state index is -0.589. The summed E-state index contributed by atoms with van der Waals surface area (Å²) in [5, 5.41) is 20.1. The number of aliphatic hydroxyl groups is 1. The normalized spacial score (nSPS) is 14.3. The van der Waals surface area contributed by atoms with E-state index in [9.17, 15) is 15.0 Å². The molecule has 0 fully saturated rings. The van der Waals surface area contributed by atoms with E-state index in [4.69, 9.17) is 0 Å². The molecule has 0 aliphatic carbocycles. The van der Waals surface area contributed by atoms with Crippen molar-refractivity contribution in [2.24, 2.45) is 11.8 Å². The molecule has 0 bridgehead atoms. The van der Waals surface area contributed by atoms with E-state index in [-0.39, 0.29) is 12.0 Å². The van der Waals surface area contributed by atoms with Crippen molar-refractivity contribution in [3.05, 3.63) is 36.5 Å². The van der Waals surface area contributed by atoms with Crippen LogP contribution >= 0.6 is 0 Å². The first kappa shape index (κ1) is 44.6. The fraction of sp³-hybridized carbons (Fsp3) is 0.833. The standard InChI is InChI=1S/C42H79NO3/c1-5-7-9-10-11-12-13-14-15-16-17-18-20-23-26-30-33-39(41(42(45)46)37-38-43(3)4)34-31-27-24-21-19-22-25-28-32-36-40(44)35-29-8-6-2/h11-12,14-15,28,32,39-41,44H,5-10,13,16-27,29-31,33-38H2,1-4H3,(H,45,46)/b12-11-,15-14-,32-28-/t39?,40-,41?/m1/s1. The lowest BCUT2D eigenvalue weighted by Crippen LogP contribution is -2.28. The van der Waals surface area contributed by atoms with Crippen LogP contribution in [0.4, 0.5) is 0 Å². The quantitative estimate of drug-likeness (QED) is 0.0532. The Morgan fingerprint density at radius 3 is 1.50 bits per heavy atom. The molecule has 0 heterocycles. The van der Waals surface area contributed by atoms with E-state index < -0.39 is 5.97 Å². The molecular formula is C42H79NO3. The molecule has 0 saturated carbocycles. The summed E-state index contributed by atoms with van der Waals surface area (Å²) >= 11 is 0. The average Bonchev–Trinajstić information content (AvgIpc) is 3.02. The van der Waals surface area contributed by atoms with Crippen LogP contribution in [0.5, 0.6) is 0 Å². The van der Waals surface area contributed by atoms with E-state index in [1.165, 1.54) is 116 Å². The third kappa shape index (κ3) is 31.2. The molecule has 4 nitrogen and oxygen atoms in total. The van der Waals surface area contributed by atoms with Crippen molar-refractivity contribution in [2.75, 3.05) is 20.6 Å². The first-order chi connectivity index (χ1) is 22.4. The fourth-order valence-electron chi connectivity index (χ4n) is 6.39. The van der Waals surface area contributed by atoms with Gasteiger partial charge < -0.3 is 15.1 Å². The van der Waals surface area contributed by atoms with Crippen LogP contribution in [0.2, 0.25) is 0 Å². The molecule has 46 heavy (non-hydrogen) atoms. The van der Waals surface area contributed by atoms with Crippen molar-refractivity contribution in [3.8, 4) is 0 Å². The molecular weight excluding hydrogens is 566 g/mol. The van der Waals surface area contributed by atoms with Gasteiger partial charge in [0.05, 0.1) is 12.0 Å². The summed E-state index contributed by atoms with van der Waals surface area (Å²) < 4.78 is 0. The van der Waals surface area contributed by atoms with Crippen molar-refractivity contribution in [2.45, 2.75) is 193 Å². The Labute approximate surface area is 287 Å². The summed E-state index contributed by atoms with van der Waals surface area (Å²) in [6, 6.07) is 0. The largest absolute Gasteiger partial charge is 0.481 e. The van der Waals surface area contributed by atoms with E-state index in [1.807, 2.05) is 14.1 Å². The van der Waals surface area contributed by atoms with Gasteiger partial charge in [-0.2, -0.15) is 0 Å². The van der Waals surface area contributed by atoms with Crippen molar-refractivity contribution in [1.29, 1.82) is 0 Å². The average molecular weight is 646 g/mol. The highest BCUT2D eigenvalue weighted by Crippen LogP contribution is 2.29. The van der Waals surface area contributed by atoms with Crippen molar-refractivity contribution in [1.82, 2.24) is 4.90 Å². The number of aliphatic hydroxyl groups excluding tert-OH is 1. The van der Waals surface area contributed by atoms with E-state index in [0.29, 0.717) is 5.92 Å². The number of carbonyl (C=O) groups is 1. The maximum absolute atomic E-state index is 12.3. The van der Waals surface area contributed by atoms with E-state index in [0.717, 1.165) is 64.3 Å². The molecule has 0 saturated heterocycles. The lowest BCUT2D eigenvalue weighted by molar-refractivity contribution is -0.144. The monoisotopic (exact) mass is 646 g/mol. The molecule has 2 unspecified atom stereocenters. The second kappa shape index (κ2) is 34.9. The zero-order valence-corrected chi connectivity index (χ0v) is 31.2. The number of rotatable bonds is 35. The van der Waals surface area contributed by atoms with Crippen LogP contribution in [0.15, 0.2) is 36.5 Å². The summed E-state index contributed by atoms with van der Waals surface area (Å²) in [7, 11) is 4.09. The summed E-state index contributed by atoms with van der Waals surface area (Å²) in [6.07, 6.45) is 45.3. The number of unbranched alkanes of at least 4 members (excludes halogenated alkanes) is 17. The van der Waals surface area contributed by atoms with Gasteiger partial charge in [0.25, 0.3) is 0 Å². The van der Waals surface area contributed by atoms with Crippen LogP contribution in [-0.4, -0.2) is 47.8 Å². The number of allylic oxidation sites excluding steroid dienone is 5. The van der Waals surface area contributed by atoms with E-state index >= 15 is 0 Å². The molecule has 0 aromatic heterocycles. The van der Waals surface area contributed by atoms with E-state index in [2.05, 4.69) is 55.2 Å². The molecule has 3 atom stereocenters. The van der Waals surface area contributed by atoms with Gasteiger partial charge in [-0.25, -0.2) is 0 Å². The Kier molecular flexibility index (Phi) is 33.9. The maximum Gasteiger partial charge on any atom is 0.306 e. The van der Waals surface area contributed by atoms with E-state index in [1.54, 1.807) is 0 Å². The SMILES string of the molecule is CCCCC/C=C\C/C=C\CCCCCCCCC(CCCCCCCC/C=C\C[C@H](O)CCCCC)C(CCN(C)C)C(=O)O. The Hall–Kier alpha value is -1.39. The summed E-state index contributed by atoms with van der Waals surface area (Å²) in [4.78, 5) is 14.4. The molecule has 0 aliphatic rings. The summed E-state index contributed by atoms with van der Waals surface area (Å²) in [5.41, 5.74) is 0. The lowest BCUT2D eigenvalue weighted by atomic mass is 9.81. The highest BCUT2D eigenvalue weighted by atomic mass is 16.4. The first-order valence-corrected chi connectivity index (χ1v) is 19.9. The third-order valence-corrected chi connectivity index (χ3v) is 9.46. The molecule has 2 N–H and O–H groups in total. The summed E-state index contributed by atoms with van der Waals surface area (Å²) in [6.45, 7) is 5.31. The van der Waals surface area contributed by atoms with Crippen LogP contribution in [0.1, 0.15) is 187 Å². The predicted molar refractivity (Wildman–Crippen MR) is 203 cm³/mol. The first-order valence-electron chi connectivity index (χ1n) is 19.9. The van der Waals surface area contributed by atoms with Crippen LogP contribution in [0.3, 0.4) is 0 Å². The number of nitrogens with zero attached hydrogens (tertiary/aromatic N) is 1. The zero-order chi connectivity index (χ0) is 33.9. The molecule has 0 spiro atoms. The zero-order valence-electron chi connectivity index (χ0n) is 31.2. The molecule has 4 heteroatoms.